The maximum Gasteiger partial charge on any atom is 0.305 e. The third-order valence-corrected chi connectivity index (χ3v) is 10.4. The fourth-order valence-electron chi connectivity index (χ4n) is 6.82. The van der Waals surface area contributed by atoms with Crippen molar-refractivity contribution in [1.29, 1.82) is 0 Å². The van der Waals surface area contributed by atoms with E-state index in [2.05, 4.69) is 13.8 Å². The van der Waals surface area contributed by atoms with Gasteiger partial charge in [-0.05, 0) is 25.7 Å². The highest BCUT2D eigenvalue weighted by molar-refractivity contribution is 5.69. The molecule has 0 N–H and O–H groups in total. The number of hydrogen-bond donors (Lipinski definition) is 0. The first-order valence-electron chi connectivity index (χ1n) is 23.2. The molecule has 52 heavy (non-hydrogen) atoms. The van der Waals surface area contributed by atoms with Gasteiger partial charge in [0.05, 0.1) is 32.5 Å². The SMILES string of the molecule is CCCCCCCCCCCCCCCCCCOC[C@H](CCOC(=O)CCCCOCCOC)OCCCCCCCCCCCCCCCC. The van der Waals surface area contributed by atoms with Crippen molar-refractivity contribution >= 4 is 5.97 Å². The molecular weight excluding hydrogens is 648 g/mol. The van der Waals surface area contributed by atoms with Crippen LogP contribution in [0, 0.1) is 0 Å². The van der Waals surface area contributed by atoms with Gasteiger partial charge in [-0.2, -0.15) is 0 Å². The third kappa shape index (κ3) is 43.7. The molecule has 0 heterocycles. The van der Waals surface area contributed by atoms with Crippen LogP contribution in [-0.4, -0.2) is 65.4 Å². The van der Waals surface area contributed by atoms with Crippen molar-refractivity contribution in [3.05, 3.63) is 0 Å². The average molecular weight is 741 g/mol. The summed E-state index contributed by atoms with van der Waals surface area (Å²) in [4.78, 5) is 12.2. The van der Waals surface area contributed by atoms with Crippen LogP contribution in [0.2, 0.25) is 0 Å². The molecule has 312 valence electrons. The van der Waals surface area contributed by atoms with E-state index in [0.717, 1.165) is 38.9 Å². The van der Waals surface area contributed by atoms with Gasteiger partial charge in [-0.1, -0.05) is 194 Å². The second-order valence-electron chi connectivity index (χ2n) is 15.5. The van der Waals surface area contributed by atoms with Gasteiger partial charge >= 0.3 is 5.97 Å². The molecule has 0 aliphatic rings. The predicted molar refractivity (Wildman–Crippen MR) is 223 cm³/mol. The molecule has 0 unspecified atom stereocenters. The molecule has 0 fully saturated rings. The summed E-state index contributed by atoms with van der Waals surface area (Å²) in [6.07, 6.45) is 43.9. The lowest BCUT2D eigenvalue weighted by Gasteiger charge is -2.18. The Morgan fingerprint density at radius 3 is 1.23 bits per heavy atom. The Kier molecular flexibility index (Phi) is 45.8. The minimum atomic E-state index is -0.128. The summed E-state index contributed by atoms with van der Waals surface area (Å²) in [5, 5.41) is 0. The van der Waals surface area contributed by atoms with E-state index in [1.807, 2.05) is 0 Å². The fraction of sp³-hybridized carbons (Fsp3) is 0.978. The van der Waals surface area contributed by atoms with Crippen LogP contribution in [0.1, 0.15) is 232 Å². The zero-order valence-corrected chi connectivity index (χ0v) is 35.5. The number of esters is 1. The third-order valence-electron chi connectivity index (χ3n) is 10.4. The zero-order chi connectivity index (χ0) is 37.7. The molecule has 0 saturated heterocycles. The maximum atomic E-state index is 12.2. The number of carbonyl (C=O) groups excluding carboxylic acids is 1. The molecule has 1 atom stereocenters. The van der Waals surface area contributed by atoms with E-state index in [4.69, 9.17) is 23.7 Å². The van der Waals surface area contributed by atoms with Crippen LogP contribution in [0.15, 0.2) is 0 Å². The number of carbonyl (C=O) groups is 1. The Morgan fingerprint density at radius 1 is 0.404 bits per heavy atom. The molecule has 0 aliphatic carbocycles. The highest BCUT2D eigenvalue weighted by Gasteiger charge is 2.12. The molecule has 0 amide bonds. The van der Waals surface area contributed by atoms with Gasteiger partial charge in [0.2, 0.25) is 0 Å². The summed E-state index contributed by atoms with van der Waals surface area (Å²) >= 11 is 0. The van der Waals surface area contributed by atoms with Crippen LogP contribution in [0.5, 0.6) is 0 Å². The molecule has 0 aliphatic heterocycles. The summed E-state index contributed by atoms with van der Waals surface area (Å²) < 4.78 is 28.4. The van der Waals surface area contributed by atoms with Crippen LogP contribution < -0.4 is 0 Å². The van der Waals surface area contributed by atoms with Crippen molar-refractivity contribution in [2.45, 2.75) is 238 Å². The molecule has 0 aromatic carbocycles. The van der Waals surface area contributed by atoms with Crippen LogP contribution in [0.3, 0.4) is 0 Å². The van der Waals surface area contributed by atoms with E-state index in [9.17, 15) is 4.79 Å². The Bertz CT molecular complexity index is 659. The van der Waals surface area contributed by atoms with Crippen LogP contribution in [0.25, 0.3) is 0 Å². The molecule has 0 aromatic rings. The lowest BCUT2D eigenvalue weighted by atomic mass is 10.0. The largest absolute Gasteiger partial charge is 0.466 e. The lowest BCUT2D eigenvalue weighted by molar-refractivity contribution is -0.145. The number of methoxy groups -OCH3 is 1. The van der Waals surface area contributed by atoms with Crippen molar-refractivity contribution in [3.8, 4) is 0 Å². The van der Waals surface area contributed by atoms with Crippen molar-refractivity contribution in [1.82, 2.24) is 0 Å². The van der Waals surface area contributed by atoms with Gasteiger partial charge in [0, 0.05) is 39.8 Å². The standard InChI is InChI=1S/C46H92O6/c1-4-6-8-10-12-14-16-18-20-21-22-24-26-28-30-33-39-50-44-45(37-41-52-46(47)36-32-35-38-49-43-42-48-3)51-40-34-31-29-27-25-23-19-17-15-13-11-9-7-5-2/h45H,4-44H2,1-3H3/t45-/m0/s1. The summed E-state index contributed by atoms with van der Waals surface area (Å²) in [5.74, 6) is -0.128. The van der Waals surface area contributed by atoms with Gasteiger partial charge in [-0.25, -0.2) is 0 Å². The van der Waals surface area contributed by atoms with Gasteiger partial charge in [-0.15, -0.1) is 0 Å². The summed E-state index contributed by atoms with van der Waals surface area (Å²) in [6.45, 7) is 8.99. The van der Waals surface area contributed by atoms with Crippen LogP contribution in [-0.2, 0) is 28.5 Å². The minimum Gasteiger partial charge on any atom is -0.466 e. The van der Waals surface area contributed by atoms with Gasteiger partial charge in [-0.3, -0.25) is 4.79 Å². The maximum absolute atomic E-state index is 12.2. The molecule has 0 radical (unpaired) electrons. The first-order chi connectivity index (χ1) is 25.7. The van der Waals surface area contributed by atoms with Crippen molar-refractivity contribution in [2.75, 3.05) is 53.4 Å². The quantitative estimate of drug-likeness (QED) is 0.0457. The predicted octanol–water partition coefficient (Wildman–Crippen LogP) is 13.9. The Hall–Kier alpha value is -0.690. The minimum absolute atomic E-state index is 0.00925. The molecule has 0 spiro atoms. The second-order valence-corrected chi connectivity index (χ2v) is 15.5. The van der Waals surface area contributed by atoms with Crippen molar-refractivity contribution in [3.63, 3.8) is 0 Å². The zero-order valence-electron chi connectivity index (χ0n) is 35.5. The number of rotatable bonds is 46. The highest BCUT2D eigenvalue weighted by atomic mass is 16.5. The molecule has 0 aromatic heterocycles. The second kappa shape index (κ2) is 46.5. The first kappa shape index (κ1) is 51.3. The summed E-state index contributed by atoms with van der Waals surface area (Å²) in [6, 6.07) is 0. The molecule has 6 nitrogen and oxygen atoms in total. The Balaban J connectivity index is 3.99. The molecular formula is C46H92O6. The van der Waals surface area contributed by atoms with Gasteiger partial charge in [0.1, 0.15) is 0 Å². The van der Waals surface area contributed by atoms with Gasteiger partial charge in [0.15, 0.2) is 0 Å². The van der Waals surface area contributed by atoms with E-state index in [-0.39, 0.29) is 12.1 Å². The smallest absolute Gasteiger partial charge is 0.305 e. The van der Waals surface area contributed by atoms with Crippen molar-refractivity contribution in [2.24, 2.45) is 0 Å². The Labute approximate surface area is 325 Å². The van der Waals surface area contributed by atoms with E-state index in [1.54, 1.807) is 7.11 Å². The highest BCUT2D eigenvalue weighted by Crippen LogP contribution is 2.15. The molecule has 0 rings (SSSR count). The summed E-state index contributed by atoms with van der Waals surface area (Å²) in [7, 11) is 1.67. The van der Waals surface area contributed by atoms with E-state index >= 15 is 0 Å². The van der Waals surface area contributed by atoms with Gasteiger partial charge < -0.3 is 23.7 Å². The summed E-state index contributed by atoms with van der Waals surface area (Å²) in [5.41, 5.74) is 0. The van der Waals surface area contributed by atoms with Crippen LogP contribution >= 0.6 is 0 Å². The van der Waals surface area contributed by atoms with E-state index in [1.165, 1.54) is 180 Å². The Morgan fingerprint density at radius 2 is 0.788 bits per heavy atom. The van der Waals surface area contributed by atoms with E-state index < -0.39 is 0 Å². The van der Waals surface area contributed by atoms with Gasteiger partial charge in [0.25, 0.3) is 0 Å². The monoisotopic (exact) mass is 741 g/mol. The average Bonchev–Trinajstić information content (AvgIpc) is 3.15. The molecule has 6 heteroatoms. The fourth-order valence-corrected chi connectivity index (χ4v) is 6.82. The van der Waals surface area contributed by atoms with E-state index in [0.29, 0.717) is 45.9 Å². The number of ether oxygens (including phenoxy) is 5. The lowest BCUT2D eigenvalue weighted by Crippen LogP contribution is -2.23. The molecule has 0 saturated carbocycles. The topological polar surface area (TPSA) is 63.2 Å². The number of hydrogen-bond acceptors (Lipinski definition) is 6. The first-order valence-corrected chi connectivity index (χ1v) is 23.2. The van der Waals surface area contributed by atoms with Crippen LogP contribution in [0.4, 0.5) is 0 Å². The number of unbranched alkanes of at least 4 members (excludes halogenated alkanes) is 29. The normalized spacial score (nSPS) is 12.1. The van der Waals surface area contributed by atoms with Crippen molar-refractivity contribution < 1.29 is 28.5 Å². The molecule has 0 bridgehead atoms.